The first-order valence-electron chi connectivity index (χ1n) is 6.46. The summed E-state index contributed by atoms with van der Waals surface area (Å²) < 4.78 is 8.32. The van der Waals surface area contributed by atoms with Crippen molar-refractivity contribution in [3.63, 3.8) is 0 Å². The van der Waals surface area contributed by atoms with Crippen LogP contribution in [-0.4, -0.2) is 20.0 Å². The van der Waals surface area contributed by atoms with E-state index in [4.69, 9.17) is 16.0 Å². The summed E-state index contributed by atoms with van der Waals surface area (Å²) in [6.45, 7) is 2.80. The lowest BCUT2D eigenvalue weighted by atomic mass is 10.1. The zero-order valence-corrected chi connectivity index (χ0v) is 13.6. The van der Waals surface area contributed by atoms with Crippen LogP contribution >= 0.6 is 27.5 Å². The lowest BCUT2D eigenvalue weighted by Gasteiger charge is -1.97. The molecular formula is C14H12BrClN4O. The average molecular weight is 368 g/mol. The second-order valence-electron chi connectivity index (χ2n) is 4.49. The summed E-state index contributed by atoms with van der Waals surface area (Å²) in [5.41, 5.74) is 1.68. The Balaban J connectivity index is 1.84. The van der Waals surface area contributed by atoms with E-state index in [-0.39, 0.29) is 0 Å². The van der Waals surface area contributed by atoms with Gasteiger partial charge in [0, 0.05) is 17.8 Å². The predicted octanol–water partition coefficient (Wildman–Crippen LogP) is 3.96. The highest BCUT2D eigenvalue weighted by molar-refractivity contribution is 9.10. The topological polar surface area (TPSA) is 56.7 Å². The molecule has 2 aromatic heterocycles. The molecule has 0 saturated carbocycles. The van der Waals surface area contributed by atoms with Crippen molar-refractivity contribution in [3.05, 3.63) is 51.4 Å². The van der Waals surface area contributed by atoms with Gasteiger partial charge in [0.1, 0.15) is 0 Å². The van der Waals surface area contributed by atoms with Crippen LogP contribution < -0.4 is 0 Å². The maximum Gasteiger partial charge on any atom is 0.269 e. The molecule has 0 saturated heterocycles. The highest BCUT2D eigenvalue weighted by atomic mass is 79.9. The van der Waals surface area contributed by atoms with Gasteiger partial charge in [0.05, 0.1) is 10.9 Å². The number of aryl methyl sites for hydroxylation is 1. The standard InChI is InChI=1S/C14H12BrClN4O/c1-2-20-8-11(15)13(19-20)14-18-17-12(21-14)7-9-4-3-5-10(16)6-9/h3-6,8H,2,7H2,1H3. The van der Waals surface area contributed by atoms with Crippen molar-refractivity contribution in [2.45, 2.75) is 19.9 Å². The van der Waals surface area contributed by atoms with Gasteiger partial charge >= 0.3 is 0 Å². The van der Waals surface area contributed by atoms with E-state index < -0.39 is 0 Å². The molecule has 0 amide bonds. The van der Waals surface area contributed by atoms with Crippen LogP contribution in [0.5, 0.6) is 0 Å². The molecular weight excluding hydrogens is 356 g/mol. The maximum absolute atomic E-state index is 5.97. The second kappa shape index (κ2) is 5.99. The number of nitrogens with zero attached hydrogens (tertiary/aromatic N) is 4. The van der Waals surface area contributed by atoms with Gasteiger partial charge in [-0.05, 0) is 40.5 Å². The monoisotopic (exact) mass is 366 g/mol. The predicted molar refractivity (Wildman–Crippen MR) is 83.2 cm³/mol. The minimum Gasteiger partial charge on any atom is -0.419 e. The van der Waals surface area contributed by atoms with E-state index in [2.05, 4.69) is 31.2 Å². The van der Waals surface area contributed by atoms with Crippen LogP contribution in [0.3, 0.4) is 0 Å². The number of halogens is 2. The SMILES string of the molecule is CCn1cc(Br)c(-c2nnc(Cc3cccc(Cl)c3)o2)n1. The fraction of sp³-hybridized carbons (Fsp3) is 0.214. The molecule has 0 unspecified atom stereocenters. The van der Waals surface area contributed by atoms with Gasteiger partial charge in [-0.15, -0.1) is 10.2 Å². The molecule has 3 aromatic rings. The van der Waals surface area contributed by atoms with E-state index >= 15 is 0 Å². The number of benzene rings is 1. The van der Waals surface area contributed by atoms with Gasteiger partial charge in [-0.1, -0.05) is 23.7 Å². The maximum atomic E-state index is 5.97. The molecule has 0 bridgehead atoms. The van der Waals surface area contributed by atoms with Crippen molar-refractivity contribution in [1.29, 1.82) is 0 Å². The van der Waals surface area contributed by atoms with E-state index in [1.807, 2.05) is 37.4 Å². The Hall–Kier alpha value is -1.66. The van der Waals surface area contributed by atoms with Crippen molar-refractivity contribution >= 4 is 27.5 Å². The minimum atomic E-state index is 0.408. The quantitative estimate of drug-likeness (QED) is 0.700. The van der Waals surface area contributed by atoms with Crippen molar-refractivity contribution in [2.75, 3.05) is 0 Å². The molecule has 1 aromatic carbocycles. The Bertz CT molecular complexity index is 768. The summed E-state index contributed by atoms with van der Waals surface area (Å²) in [4.78, 5) is 0. The molecule has 7 heteroatoms. The summed E-state index contributed by atoms with van der Waals surface area (Å²) in [5, 5.41) is 13.2. The first kappa shape index (κ1) is 14.3. The smallest absolute Gasteiger partial charge is 0.269 e. The summed E-state index contributed by atoms with van der Waals surface area (Å²) in [5.74, 6) is 0.941. The third-order valence-corrected chi connectivity index (χ3v) is 3.77. The second-order valence-corrected chi connectivity index (χ2v) is 5.78. The Kier molecular flexibility index (Phi) is 4.07. The fourth-order valence-corrected chi connectivity index (χ4v) is 2.64. The summed E-state index contributed by atoms with van der Waals surface area (Å²) in [6.07, 6.45) is 2.43. The van der Waals surface area contributed by atoms with Gasteiger partial charge in [-0.2, -0.15) is 5.10 Å². The van der Waals surface area contributed by atoms with E-state index in [1.165, 1.54) is 0 Å². The molecule has 5 nitrogen and oxygen atoms in total. The third-order valence-electron chi connectivity index (χ3n) is 2.95. The summed E-state index contributed by atoms with van der Waals surface area (Å²) >= 11 is 9.42. The molecule has 0 aliphatic carbocycles. The summed E-state index contributed by atoms with van der Waals surface area (Å²) in [7, 11) is 0. The van der Waals surface area contributed by atoms with Gasteiger partial charge in [0.25, 0.3) is 5.89 Å². The van der Waals surface area contributed by atoms with E-state index in [0.717, 1.165) is 16.6 Å². The molecule has 0 aliphatic heterocycles. The number of hydrogen-bond donors (Lipinski definition) is 0. The molecule has 0 radical (unpaired) electrons. The van der Waals surface area contributed by atoms with E-state index in [9.17, 15) is 0 Å². The van der Waals surface area contributed by atoms with Gasteiger partial charge in [0.15, 0.2) is 5.69 Å². The van der Waals surface area contributed by atoms with Gasteiger partial charge in [0.2, 0.25) is 5.89 Å². The van der Waals surface area contributed by atoms with Crippen molar-refractivity contribution < 1.29 is 4.42 Å². The zero-order valence-electron chi connectivity index (χ0n) is 11.3. The molecule has 3 rings (SSSR count). The molecule has 0 spiro atoms. The van der Waals surface area contributed by atoms with Crippen LogP contribution in [0.25, 0.3) is 11.6 Å². The van der Waals surface area contributed by atoms with Crippen LogP contribution in [0, 0.1) is 0 Å². The van der Waals surface area contributed by atoms with Crippen LogP contribution in [0.4, 0.5) is 0 Å². The largest absolute Gasteiger partial charge is 0.419 e. The number of aromatic nitrogens is 4. The fourth-order valence-electron chi connectivity index (χ4n) is 1.95. The molecule has 2 heterocycles. The molecule has 0 N–H and O–H groups in total. The molecule has 108 valence electrons. The highest BCUT2D eigenvalue weighted by Gasteiger charge is 2.16. The van der Waals surface area contributed by atoms with Crippen LogP contribution in [0.15, 0.2) is 39.4 Å². The molecule has 0 aliphatic rings. The molecule has 21 heavy (non-hydrogen) atoms. The Labute approximate surface area is 135 Å². The number of hydrogen-bond acceptors (Lipinski definition) is 4. The van der Waals surface area contributed by atoms with Crippen molar-refractivity contribution in [2.24, 2.45) is 0 Å². The van der Waals surface area contributed by atoms with Crippen LogP contribution in [0.1, 0.15) is 18.4 Å². The first-order valence-corrected chi connectivity index (χ1v) is 7.63. The normalized spacial score (nSPS) is 11.0. The van der Waals surface area contributed by atoms with Crippen LogP contribution in [-0.2, 0) is 13.0 Å². The van der Waals surface area contributed by atoms with E-state index in [0.29, 0.717) is 28.9 Å². The van der Waals surface area contributed by atoms with E-state index in [1.54, 1.807) is 4.68 Å². The number of rotatable bonds is 4. The molecule has 0 atom stereocenters. The van der Waals surface area contributed by atoms with Gasteiger partial charge in [-0.3, -0.25) is 4.68 Å². The first-order chi connectivity index (χ1) is 10.2. The van der Waals surface area contributed by atoms with Crippen molar-refractivity contribution in [3.8, 4) is 11.6 Å². The lowest BCUT2D eigenvalue weighted by molar-refractivity contribution is 0.514. The molecule has 0 fully saturated rings. The third kappa shape index (κ3) is 3.16. The minimum absolute atomic E-state index is 0.408. The summed E-state index contributed by atoms with van der Waals surface area (Å²) in [6, 6.07) is 7.58. The highest BCUT2D eigenvalue weighted by Crippen LogP contribution is 2.26. The van der Waals surface area contributed by atoms with Gasteiger partial charge < -0.3 is 4.42 Å². The lowest BCUT2D eigenvalue weighted by Crippen LogP contribution is -1.93. The average Bonchev–Trinajstić information content (AvgIpc) is 3.05. The van der Waals surface area contributed by atoms with Crippen LogP contribution in [0.2, 0.25) is 5.02 Å². The zero-order chi connectivity index (χ0) is 14.8. The van der Waals surface area contributed by atoms with Gasteiger partial charge in [-0.25, -0.2) is 0 Å². The Morgan fingerprint density at radius 2 is 2.19 bits per heavy atom. The van der Waals surface area contributed by atoms with Crippen molar-refractivity contribution in [1.82, 2.24) is 20.0 Å². The Morgan fingerprint density at radius 3 is 2.90 bits per heavy atom. The Morgan fingerprint density at radius 1 is 1.33 bits per heavy atom.